The Morgan fingerprint density at radius 2 is 1.74 bits per heavy atom. The third kappa shape index (κ3) is 3.21. The first-order chi connectivity index (χ1) is 12.9. The first-order valence-electron chi connectivity index (χ1n) is 7.85. The molecule has 0 atom stereocenters. The zero-order chi connectivity index (χ0) is 19.0. The molecule has 0 amide bonds. The van der Waals surface area contributed by atoms with Crippen LogP contribution < -0.4 is 5.73 Å². The van der Waals surface area contributed by atoms with E-state index in [9.17, 15) is 13.0 Å². The number of nitrogens with zero attached hydrogens (tertiary/aromatic N) is 4. The predicted molar refractivity (Wildman–Crippen MR) is 102 cm³/mol. The largest absolute Gasteiger partial charge is 0.395 e. The lowest BCUT2D eigenvalue weighted by atomic mass is 10.1. The molecule has 0 spiro atoms. The SMILES string of the molecule is Nc1c(/N=N/c2ccc3ncccc3c2)cc(S(=O)(=O)O)c2cccnc12. The molecule has 4 aromatic rings. The summed E-state index contributed by atoms with van der Waals surface area (Å²) in [5.74, 6) is 0. The fourth-order valence-electron chi connectivity index (χ4n) is 2.75. The van der Waals surface area contributed by atoms with Crippen LogP contribution in [0.25, 0.3) is 21.8 Å². The second kappa shape index (κ2) is 6.38. The lowest BCUT2D eigenvalue weighted by molar-refractivity contribution is 0.484. The third-order valence-corrected chi connectivity index (χ3v) is 4.90. The van der Waals surface area contributed by atoms with E-state index in [-0.39, 0.29) is 27.2 Å². The summed E-state index contributed by atoms with van der Waals surface area (Å²) in [6.45, 7) is 0. The van der Waals surface area contributed by atoms with E-state index >= 15 is 0 Å². The highest BCUT2D eigenvalue weighted by Gasteiger charge is 2.19. The average molecular weight is 379 g/mol. The number of pyridine rings is 2. The van der Waals surface area contributed by atoms with Gasteiger partial charge in [-0.05, 0) is 42.5 Å². The second-order valence-corrected chi connectivity index (χ2v) is 7.15. The molecule has 0 aliphatic heterocycles. The van der Waals surface area contributed by atoms with Crippen LogP contribution in [-0.2, 0) is 10.1 Å². The smallest absolute Gasteiger partial charge is 0.295 e. The summed E-state index contributed by atoms with van der Waals surface area (Å²) < 4.78 is 33.0. The van der Waals surface area contributed by atoms with Crippen LogP contribution in [0.2, 0.25) is 0 Å². The maximum atomic E-state index is 11.7. The zero-order valence-electron chi connectivity index (χ0n) is 13.8. The Morgan fingerprint density at radius 1 is 0.963 bits per heavy atom. The molecule has 27 heavy (non-hydrogen) atoms. The van der Waals surface area contributed by atoms with Crippen LogP contribution in [0.4, 0.5) is 17.1 Å². The quantitative estimate of drug-likeness (QED) is 0.314. The number of hydrogen-bond donors (Lipinski definition) is 2. The Kier molecular flexibility index (Phi) is 4.02. The first-order valence-corrected chi connectivity index (χ1v) is 9.29. The van der Waals surface area contributed by atoms with Gasteiger partial charge in [-0.1, -0.05) is 6.07 Å². The molecule has 0 fully saturated rings. The van der Waals surface area contributed by atoms with Crippen LogP contribution in [0.5, 0.6) is 0 Å². The molecule has 2 aromatic carbocycles. The first kappa shape index (κ1) is 17.0. The Labute approximate surface area is 154 Å². The van der Waals surface area contributed by atoms with Crippen LogP contribution in [0.15, 0.2) is 76.0 Å². The zero-order valence-corrected chi connectivity index (χ0v) is 14.6. The van der Waals surface area contributed by atoms with Crippen molar-refractivity contribution < 1.29 is 13.0 Å². The second-order valence-electron chi connectivity index (χ2n) is 5.76. The van der Waals surface area contributed by atoms with Crippen molar-refractivity contribution in [2.45, 2.75) is 4.90 Å². The van der Waals surface area contributed by atoms with Gasteiger partial charge in [-0.15, -0.1) is 5.11 Å². The van der Waals surface area contributed by atoms with E-state index in [0.717, 1.165) is 10.9 Å². The Bertz CT molecular complexity index is 1320. The lowest BCUT2D eigenvalue weighted by Crippen LogP contribution is -2.01. The van der Waals surface area contributed by atoms with Crippen LogP contribution in [0, 0.1) is 0 Å². The summed E-state index contributed by atoms with van der Waals surface area (Å²) in [5, 5.41) is 9.31. The number of anilines is 1. The monoisotopic (exact) mass is 379 g/mol. The topological polar surface area (TPSA) is 131 Å². The molecule has 134 valence electrons. The van der Waals surface area contributed by atoms with E-state index in [4.69, 9.17) is 5.73 Å². The van der Waals surface area contributed by atoms with Gasteiger partial charge in [-0.2, -0.15) is 13.5 Å². The van der Waals surface area contributed by atoms with E-state index in [2.05, 4.69) is 20.2 Å². The van der Waals surface area contributed by atoms with Crippen LogP contribution >= 0.6 is 0 Å². The average Bonchev–Trinajstić information content (AvgIpc) is 2.66. The maximum Gasteiger partial charge on any atom is 0.295 e. The summed E-state index contributed by atoms with van der Waals surface area (Å²) in [4.78, 5) is 8.01. The molecular weight excluding hydrogens is 366 g/mol. The van der Waals surface area contributed by atoms with Crippen LogP contribution in [-0.4, -0.2) is 22.9 Å². The standard InChI is InChI=1S/C18H13N5O3S/c19-17-15(10-16(27(24,25)26)13-4-2-8-21-18(13)17)23-22-12-5-6-14-11(9-12)3-1-7-20-14/h1-10H,19H2,(H,24,25,26)/b23-22+. The number of benzene rings is 2. The molecule has 9 heteroatoms. The van der Waals surface area contributed by atoms with Crippen LogP contribution in [0.3, 0.4) is 0 Å². The number of rotatable bonds is 3. The molecular formula is C18H13N5O3S. The Hall–Kier alpha value is -3.43. The summed E-state index contributed by atoms with van der Waals surface area (Å²) in [6.07, 6.45) is 3.17. The fraction of sp³-hybridized carbons (Fsp3) is 0. The van der Waals surface area contributed by atoms with Crippen molar-refractivity contribution in [3.8, 4) is 0 Å². The molecule has 2 heterocycles. The third-order valence-electron chi connectivity index (χ3n) is 4.01. The maximum absolute atomic E-state index is 11.7. The highest BCUT2D eigenvalue weighted by molar-refractivity contribution is 7.86. The molecule has 3 N–H and O–H groups in total. The minimum absolute atomic E-state index is 0.0973. The van der Waals surface area contributed by atoms with E-state index in [1.54, 1.807) is 30.5 Å². The molecule has 0 aliphatic rings. The van der Waals surface area contributed by atoms with E-state index in [1.165, 1.54) is 18.3 Å². The Balaban J connectivity index is 1.85. The van der Waals surface area contributed by atoms with Crippen molar-refractivity contribution in [1.82, 2.24) is 9.97 Å². The van der Waals surface area contributed by atoms with Gasteiger partial charge in [0.25, 0.3) is 10.1 Å². The predicted octanol–water partition coefficient (Wildman–Crippen LogP) is 4.03. The van der Waals surface area contributed by atoms with E-state index < -0.39 is 10.1 Å². The van der Waals surface area contributed by atoms with Gasteiger partial charge in [0, 0.05) is 23.2 Å². The van der Waals surface area contributed by atoms with Gasteiger partial charge in [0.2, 0.25) is 0 Å². The normalized spacial score (nSPS) is 12.2. The number of fused-ring (bicyclic) bond motifs is 2. The number of nitrogens with two attached hydrogens (primary N) is 1. The number of aromatic nitrogens is 2. The summed E-state index contributed by atoms with van der Waals surface area (Å²) in [7, 11) is -4.49. The molecule has 0 aliphatic carbocycles. The Morgan fingerprint density at radius 3 is 2.56 bits per heavy atom. The molecule has 2 aromatic heterocycles. The van der Waals surface area contributed by atoms with Crippen molar-refractivity contribution in [3.05, 3.63) is 60.9 Å². The van der Waals surface area contributed by atoms with Crippen molar-refractivity contribution in [2.24, 2.45) is 10.2 Å². The minimum Gasteiger partial charge on any atom is -0.395 e. The molecule has 8 nitrogen and oxygen atoms in total. The number of hydrogen-bond acceptors (Lipinski definition) is 7. The van der Waals surface area contributed by atoms with E-state index in [0.29, 0.717) is 5.69 Å². The van der Waals surface area contributed by atoms with Gasteiger partial charge in [0.15, 0.2) is 0 Å². The summed E-state index contributed by atoms with van der Waals surface area (Å²) in [6, 6.07) is 13.3. The molecule has 0 unspecified atom stereocenters. The molecule has 0 saturated heterocycles. The molecule has 4 rings (SSSR count). The van der Waals surface area contributed by atoms with E-state index in [1.807, 2.05) is 12.1 Å². The van der Waals surface area contributed by atoms with Crippen molar-refractivity contribution >= 4 is 49.0 Å². The molecule has 0 saturated carbocycles. The van der Waals surface area contributed by atoms with Gasteiger partial charge in [0.05, 0.1) is 22.4 Å². The van der Waals surface area contributed by atoms with Gasteiger partial charge >= 0.3 is 0 Å². The number of nitrogen functional groups attached to an aromatic ring is 1. The van der Waals surface area contributed by atoms with Gasteiger partial charge in [0.1, 0.15) is 10.6 Å². The summed E-state index contributed by atoms with van der Waals surface area (Å²) in [5.41, 5.74) is 7.94. The fourth-order valence-corrected chi connectivity index (χ4v) is 3.46. The number of azo groups is 1. The van der Waals surface area contributed by atoms with Crippen molar-refractivity contribution in [1.29, 1.82) is 0 Å². The van der Waals surface area contributed by atoms with Gasteiger partial charge in [-0.3, -0.25) is 14.5 Å². The summed E-state index contributed by atoms with van der Waals surface area (Å²) >= 11 is 0. The molecule has 0 bridgehead atoms. The van der Waals surface area contributed by atoms with Crippen molar-refractivity contribution in [3.63, 3.8) is 0 Å². The molecule has 0 radical (unpaired) electrons. The van der Waals surface area contributed by atoms with Gasteiger partial charge in [-0.25, -0.2) is 0 Å². The lowest BCUT2D eigenvalue weighted by Gasteiger charge is -2.08. The van der Waals surface area contributed by atoms with Gasteiger partial charge < -0.3 is 5.73 Å². The minimum atomic E-state index is -4.49. The highest BCUT2D eigenvalue weighted by atomic mass is 32.2. The highest BCUT2D eigenvalue weighted by Crippen LogP contribution is 2.35. The van der Waals surface area contributed by atoms with Crippen molar-refractivity contribution in [2.75, 3.05) is 5.73 Å². The van der Waals surface area contributed by atoms with Crippen LogP contribution in [0.1, 0.15) is 0 Å².